The van der Waals surface area contributed by atoms with Gasteiger partial charge in [-0.1, -0.05) is 89.5 Å². The van der Waals surface area contributed by atoms with Crippen molar-refractivity contribution in [2.24, 2.45) is 62.3 Å². The minimum atomic E-state index is -1.51. The fourth-order valence-electron chi connectivity index (χ4n) is 14.3. The number of nitrogens with zero attached hydrogens (tertiary/aromatic N) is 4. The summed E-state index contributed by atoms with van der Waals surface area (Å²) in [5, 5.41) is 21.0. The lowest BCUT2D eigenvalue weighted by molar-refractivity contribution is -0.142. The molecular weight excluding hydrogens is 1430 g/mol. The number of fused-ring (bicyclic) bond motifs is 7. The van der Waals surface area contributed by atoms with Gasteiger partial charge in [0.15, 0.2) is 11.7 Å². The number of aromatic amines is 2. The Balaban J connectivity index is 1.29. The number of carbonyl (C=O) groups is 12. The van der Waals surface area contributed by atoms with Crippen LogP contribution in [-0.4, -0.2) is 194 Å². The van der Waals surface area contributed by atoms with Gasteiger partial charge in [0, 0.05) is 140 Å². The molecular formula is C77H110N18O12S2. The molecule has 3 fully saturated rings. The highest BCUT2D eigenvalue weighted by Crippen LogP contribution is 2.45. The van der Waals surface area contributed by atoms with E-state index >= 15 is 38.4 Å². The van der Waals surface area contributed by atoms with Crippen LogP contribution in [0.2, 0.25) is 0 Å². The number of ketones is 4. The van der Waals surface area contributed by atoms with Crippen molar-refractivity contribution < 1.29 is 57.5 Å². The number of hydrogen-bond acceptors (Lipinski definition) is 20. The number of H-pyrrole nitrogens is 2. The molecule has 0 spiro atoms. The van der Waals surface area contributed by atoms with E-state index in [0.29, 0.717) is 73.9 Å². The average molecular weight is 1540 g/mol. The van der Waals surface area contributed by atoms with Crippen molar-refractivity contribution >= 4 is 115 Å². The first-order chi connectivity index (χ1) is 52.4. The van der Waals surface area contributed by atoms with Crippen LogP contribution < -0.4 is 65.9 Å². The highest BCUT2D eigenvalue weighted by atomic mass is 33.1. The molecule has 592 valence electrons. The van der Waals surface area contributed by atoms with Gasteiger partial charge >= 0.3 is 0 Å². The van der Waals surface area contributed by atoms with E-state index in [2.05, 4.69) is 62.2 Å². The number of unbranched alkanes of at least 4 members (excludes halogenated alkanes) is 3. The topological polar surface area (TPSA) is 492 Å². The van der Waals surface area contributed by atoms with Crippen LogP contribution in [-0.2, 0) is 76.8 Å². The molecule has 4 aliphatic heterocycles. The van der Waals surface area contributed by atoms with Crippen molar-refractivity contribution in [3.05, 3.63) is 102 Å². The quantitative estimate of drug-likeness (QED) is 0.0207. The zero-order valence-electron chi connectivity index (χ0n) is 62.7. The van der Waals surface area contributed by atoms with Crippen LogP contribution >= 0.6 is 21.6 Å². The van der Waals surface area contributed by atoms with Crippen molar-refractivity contribution in [1.29, 1.82) is 0 Å². The molecule has 8 amide bonds. The molecule has 0 aliphatic carbocycles. The normalized spacial score (nSPS) is 26.0. The number of para-hydroxylation sites is 1. The van der Waals surface area contributed by atoms with Gasteiger partial charge in [0.1, 0.15) is 59.6 Å². The predicted molar refractivity (Wildman–Crippen MR) is 419 cm³/mol. The van der Waals surface area contributed by atoms with E-state index in [9.17, 15) is 19.2 Å². The summed E-state index contributed by atoms with van der Waals surface area (Å²) in [6.45, 7) is 5.89. The maximum Gasteiger partial charge on any atom is 0.246 e. The molecule has 109 heavy (non-hydrogen) atoms. The summed E-state index contributed by atoms with van der Waals surface area (Å²) in [6.07, 6.45) is 9.75. The first kappa shape index (κ1) is 85.5. The Labute approximate surface area is 644 Å². The summed E-state index contributed by atoms with van der Waals surface area (Å²) in [6, 6.07) is 5.39. The maximum absolute atomic E-state index is 16.0. The fourth-order valence-corrected chi connectivity index (χ4v) is 17.3. The first-order valence-corrected chi connectivity index (χ1v) is 40.5. The van der Waals surface area contributed by atoms with Crippen LogP contribution in [0, 0.1) is 23.7 Å². The lowest BCUT2D eigenvalue weighted by Crippen LogP contribution is -2.60. The molecule has 2 aromatic heterocycles. The fraction of sp³-hybridized carbons (Fsp3) is 0.571. The Morgan fingerprint density at radius 1 is 0.578 bits per heavy atom. The largest absolute Gasteiger partial charge is 0.370 e. The average Bonchev–Trinajstić information content (AvgIpc) is 1.72. The Morgan fingerprint density at radius 3 is 1.81 bits per heavy atom. The van der Waals surface area contributed by atoms with Crippen LogP contribution in [0.15, 0.2) is 95.1 Å². The molecule has 0 unspecified atom stereocenters. The van der Waals surface area contributed by atoms with Gasteiger partial charge in [-0.25, -0.2) is 4.98 Å². The summed E-state index contributed by atoms with van der Waals surface area (Å²) in [5.74, 6) is -13.0. The van der Waals surface area contributed by atoms with Crippen LogP contribution in [0.3, 0.4) is 0 Å². The molecule has 32 heteroatoms. The molecule has 2 aromatic carbocycles. The number of hydrogen-bond donors (Lipinski definition) is 14. The van der Waals surface area contributed by atoms with E-state index < -0.39 is 166 Å². The number of guanidine groups is 1. The second kappa shape index (κ2) is 42.7. The monoisotopic (exact) mass is 1540 g/mol. The molecule has 12 atom stereocenters. The van der Waals surface area contributed by atoms with Crippen LogP contribution in [0.5, 0.6) is 0 Å². The van der Waals surface area contributed by atoms with Crippen molar-refractivity contribution in [3.63, 3.8) is 0 Å². The molecule has 4 aromatic rings. The maximum atomic E-state index is 16.0. The summed E-state index contributed by atoms with van der Waals surface area (Å²) in [5.41, 5.74) is 32.2. The van der Waals surface area contributed by atoms with E-state index in [-0.39, 0.29) is 115 Å². The highest BCUT2D eigenvalue weighted by Gasteiger charge is 2.45. The zero-order chi connectivity index (χ0) is 78.6. The van der Waals surface area contributed by atoms with Gasteiger partial charge < -0.3 is 80.8 Å². The summed E-state index contributed by atoms with van der Waals surface area (Å²) < 4.78 is -1.29. The SMILES string of the molecule is C[C@@H]1CC(=O)[C@H]2CC(=O)[C@H](Cc3c[nH]c4ccccc34)CC(=O)[C@H](CC3=CCC=N3)NC(=O)[C@@H](Cc3ccccc3)NC(=O)[C@H](Cc3cnc[nH]3)NC(=O)[C@@H]3CCCN3C(=O)[C@H](CSSC2(C)C)NC(=O)[C@H](CCCN=C(N)N)NC(=O)[C@H](CCCCN)NC(=O)[C@H](CCCCN)NC(=O)[C@H](CCCCN)CC1=O. The third kappa shape index (κ3) is 25.7. The Hall–Kier alpha value is -9.11. The van der Waals surface area contributed by atoms with Gasteiger partial charge in [-0.2, -0.15) is 0 Å². The lowest BCUT2D eigenvalue weighted by atomic mass is 9.77. The van der Waals surface area contributed by atoms with Gasteiger partial charge in [-0.3, -0.25) is 67.5 Å². The molecule has 19 N–H and O–H groups in total. The minimum Gasteiger partial charge on any atom is -0.370 e. The standard InChI is InChI=1S/C77H110N18O12S2/c1-46-34-66(98)54-41-65(97)49(36-50-42-86-55-23-8-7-22-53(50)55)38-67(99)59(39-51-21-15-31-84-51)91-72(104)60(35-47-18-5-4-6-19-47)92-73(105)61(40-52-43-83-45-87-52)93-74(106)63-27-17-33-95(63)75(107)62(44-108-109-77(54,2)3)94-71(103)58(26-16-32-85-76(81)82)90-70(102)57(25-11-14-30-80)89-69(101)56(24-10-13-29-79)88-68(100)48(37-64(46)96)20-9-12-28-78/h4-8,18-19,21-23,31,42-43,45-46,48-49,54,56-63,86H,9-17,20,24-30,32-41,44,78-80H2,1-3H3,(H,83,87)(H,88,100)(H,89,101)(H,90,102)(H,91,104)(H,92,105)(H,93,106)(H,94,103)(H4,81,82,85)/t46-,48-,49-,54-,56+,57+,58+,59+,60-,61+,62+,63+/m1/s1. The number of benzene rings is 2. The van der Waals surface area contributed by atoms with Crippen molar-refractivity contribution in [3.8, 4) is 0 Å². The molecule has 6 heterocycles. The summed E-state index contributed by atoms with van der Waals surface area (Å²) >= 11 is 0. The second-order valence-electron chi connectivity index (χ2n) is 29.4. The third-order valence-corrected chi connectivity index (χ3v) is 24.0. The van der Waals surface area contributed by atoms with Crippen molar-refractivity contribution in [2.45, 2.75) is 215 Å². The van der Waals surface area contributed by atoms with E-state index in [0.717, 1.165) is 32.5 Å². The Kier molecular flexibility index (Phi) is 33.5. The van der Waals surface area contributed by atoms with Gasteiger partial charge in [-0.15, -0.1) is 0 Å². The predicted octanol–water partition coefficient (Wildman–Crippen LogP) is 3.00. The molecule has 4 aliphatic rings. The van der Waals surface area contributed by atoms with Crippen LogP contribution in [0.4, 0.5) is 0 Å². The number of imidazole rings is 1. The smallest absolute Gasteiger partial charge is 0.246 e. The number of Topliss-reactive ketones (excluding diaryl/α,β-unsaturated/α-hetero) is 4. The van der Waals surface area contributed by atoms with Gasteiger partial charge in [0.2, 0.25) is 47.3 Å². The molecule has 3 saturated heterocycles. The van der Waals surface area contributed by atoms with Gasteiger partial charge in [0.05, 0.1) is 12.4 Å². The van der Waals surface area contributed by atoms with Crippen molar-refractivity contribution in [2.75, 3.05) is 38.5 Å². The minimum absolute atomic E-state index is 0.00566. The number of amides is 8. The molecule has 8 rings (SSSR count). The Bertz CT molecular complexity index is 3880. The number of carbonyl (C=O) groups excluding carboxylic acids is 12. The van der Waals surface area contributed by atoms with Crippen molar-refractivity contribution in [1.82, 2.24) is 57.1 Å². The number of nitrogens with one attached hydrogen (secondary N) is 9. The van der Waals surface area contributed by atoms with E-state index in [1.165, 1.54) is 17.4 Å². The number of aromatic nitrogens is 3. The number of rotatable bonds is 24. The number of allylic oxidation sites excluding steroid dienone is 1. The Morgan fingerprint density at radius 2 is 1.17 bits per heavy atom. The van der Waals surface area contributed by atoms with Gasteiger partial charge in [0.25, 0.3) is 0 Å². The first-order valence-electron chi connectivity index (χ1n) is 38.1. The number of aliphatic imine (C=N–C) groups is 2. The van der Waals surface area contributed by atoms with Crippen LogP contribution in [0.1, 0.15) is 160 Å². The summed E-state index contributed by atoms with van der Waals surface area (Å²) in [4.78, 5) is 204. The van der Waals surface area contributed by atoms with Crippen LogP contribution in [0.25, 0.3) is 10.9 Å². The lowest BCUT2D eigenvalue weighted by Gasteiger charge is -2.34. The zero-order valence-corrected chi connectivity index (χ0v) is 64.3. The van der Waals surface area contributed by atoms with E-state index in [4.69, 9.17) is 28.7 Å². The number of nitrogens with two attached hydrogens (primary N) is 5. The molecule has 0 saturated carbocycles. The molecule has 0 radical (unpaired) electrons. The van der Waals surface area contributed by atoms with Gasteiger partial charge in [-0.05, 0) is 134 Å². The molecule has 30 nitrogen and oxygen atoms in total. The van der Waals surface area contributed by atoms with E-state index in [1.54, 1.807) is 63.5 Å². The van der Waals surface area contributed by atoms with E-state index in [1.807, 2.05) is 30.3 Å². The third-order valence-electron chi connectivity index (χ3n) is 20.6. The summed E-state index contributed by atoms with van der Waals surface area (Å²) in [7, 11) is 2.22. The molecule has 2 bridgehead atoms. The second-order valence-corrected chi connectivity index (χ2v) is 32.4. The highest BCUT2D eigenvalue weighted by molar-refractivity contribution is 8.77.